The first-order valence-electron chi connectivity index (χ1n) is 19.6. The molecule has 0 amide bonds. The Morgan fingerprint density at radius 1 is 0.644 bits per heavy atom. The molecule has 59 heavy (non-hydrogen) atoms. The average molecular weight is 948 g/mol. The number of hydrogen-bond acceptors (Lipinski definition) is 3. The number of fused-ring (bicyclic) bond motifs is 4. The number of aromatic nitrogens is 3. The molecule has 1 N–H and O–H groups in total. The summed E-state index contributed by atoms with van der Waals surface area (Å²) in [5, 5.41) is 11.4. The molecule has 10 rings (SSSR count). The summed E-state index contributed by atoms with van der Waals surface area (Å²) in [6.07, 6.45) is 2.58. The van der Waals surface area contributed by atoms with Crippen LogP contribution in [0.3, 0.4) is 0 Å². The fourth-order valence-corrected chi connectivity index (χ4v) is 8.59. The van der Waals surface area contributed by atoms with Gasteiger partial charge in [-0.1, -0.05) is 151 Å². The summed E-state index contributed by atoms with van der Waals surface area (Å²) in [5.41, 5.74) is 17.1. The summed E-state index contributed by atoms with van der Waals surface area (Å²) in [6, 6.07) is 56.4. The Kier molecular flexibility index (Phi) is 9.73. The van der Waals surface area contributed by atoms with E-state index in [9.17, 15) is 9.50 Å². The molecular formula is C53H39FN3OPt-. The monoisotopic (exact) mass is 947 g/mol. The quantitative estimate of drug-likeness (QED) is 0.162. The van der Waals surface area contributed by atoms with Crippen molar-refractivity contribution in [3.8, 4) is 72.9 Å². The number of pyridine rings is 1. The number of phenols is 1. The van der Waals surface area contributed by atoms with Crippen LogP contribution < -0.4 is 0 Å². The van der Waals surface area contributed by atoms with Gasteiger partial charge in [-0.3, -0.25) is 4.98 Å². The molecule has 1 aliphatic rings. The second-order valence-corrected chi connectivity index (χ2v) is 15.7. The molecule has 1 aliphatic carbocycles. The molecule has 0 saturated heterocycles. The van der Waals surface area contributed by atoms with E-state index < -0.39 is 0 Å². The maximum Gasteiger partial charge on any atom is 0.143 e. The molecule has 2 heterocycles. The fourth-order valence-electron chi connectivity index (χ4n) is 8.59. The number of phenolic OH excluding ortho intramolecular Hbond substituents is 1. The standard InChI is InChI=1S/C53H39FN3O.Pt/c1-53(2,39-13-5-4-6-14-39)40-15-9-12-34(27-40)35-21-24-50(58)47(28-35)52-56-51-43(17-10-18-49(51)57(52)3)45-31-38(30-44-42-16-8-7-11-37(42)29-46(44)45)48-32-36(25-26-55-48)33-19-22-41(54)23-20-33;/h4-28,30,32,58H,29H2,1-3H3;/q-1;. The van der Waals surface area contributed by atoms with Crippen LogP contribution >= 0.6 is 0 Å². The van der Waals surface area contributed by atoms with Crippen molar-refractivity contribution in [3.63, 3.8) is 0 Å². The third-order valence-electron chi connectivity index (χ3n) is 11.9. The van der Waals surface area contributed by atoms with E-state index in [0.717, 1.165) is 67.7 Å². The van der Waals surface area contributed by atoms with Gasteiger partial charge in [-0.2, -0.15) is 0 Å². The van der Waals surface area contributed by atoms with Crippen molar-refractivity contribution in [2.45, 2.75) is 25.7 Å². The topological polar surface area (TPSA) is 50.9 Å². The van der Waals surface area contributed by atoms with Gasteiger partial charge in [0.15, 0.2) is 0 Å². The van der Waals surface area contributed by atoms with Crippen LogP contribution in [0.4, 0.5) is 4.39 Å². The van der Waals surface area contributed by atoms with Gasteiger partial charge in [0.05, 0.1) is 16.6 Å². The van der Waals surface area contributed by atoms with Gasteiger partial charge in [0.2, 0.25) is 0 Å². The minimum absolute atomic E-state index is 0. The largest absolute Gasteiger partial charge is 0.507 e. The Morgan fingerprint density at radius 2 is 1.34 bits per heavy atom. The van der Waals surface area contributed by atoms with Crippen molar-refractivity contribution in [2.24, 2.45) is 7.05 Å². The molecule has 7 aromatic carbocycles. The predicted octanol–water partition coefficient (Wildman–Crippen LogP) is 12.8. The van der Waals surface area contributed by atoms with E-state index in [0.29, 0.717) is 11.4 Å². The summed E-state index contributed by atoms with van der Waals surface area (Å²) in [6.45, 7) is 4.51. The number of imidazole rings is 1. The second-order valence-electron chi connectivity index (χ2n) is 15.7. The third kappa shape index (κ3) is 6.70. The zero-order valence-electron chi connectivity index (χ0n) is 32.8. The molecule has 0 radical (unpaired) electrons. The minimum Gasteiger partial charge on any atom is -0.507 e. The van der Waals surface area contributed by atoms with Crippen molar-refractivity contribution in [1.29, 1.82) is 0 Å². The molecule has 0 fully saturated rings. The minimum atomic E-state index is -0.267. The number of rotatable bonds is 7. The van der Waals surface area contributed by atoms with Crippen LogP contribution in [0.2, 0.25) is 0 Å². The first kappa shape index (κ1) is 38.1. The molecule has 290 valence electrons. The van der Waals surface area contributed by atoms with E-state index in [-0.39, 0.29) is 38.0 Å². The Morgan fingerprint density at radius 3 is 2.17 bits per heavy atom. The van der Waals surface area contributed by atoms with Crippen LogP contribution in [-0.4, -0.2) is 19.6 Å². The van der Waals surface area contributed by atoms with Crippen LogP contribution in [-0.2, 0) is 39.9 Å². The van der Waals surface area contributed by atoms with Crippen molar-refractivity contribution >= 4 is 11.0 Å². The third-order valence-corrected chi connectivity index (χ3v) is 11.9. The molecule has 0 aliphatic heterocycles. The maximum atomic E-state index is 13.8. The summed E-state index contributed by atoms with van der Waals surface area (Å²) in [7, 11) is 2.01. The molecule has 0 bridgehead atoms. The number of nitrogens with zero attached hydrogens (tertiary/aromatic N) is 3. The van der Waals surface area contributed by atoms with Crippen LogP contribution in [0.25, 0.3) is 78.2 Å². The Hall–Kier alpha value is -6.42. The second kappa shape index (κ2) is 15.1. The van der Waals surface area contributed by atoms with Crippen LogP contribution in [0.15, 0.2) is 164 Å². The van der Waals surface area contributed by atoms with Crippen LogP contribution in [0.1, 0.15) is 36.1 Å². The summed E-state index contributed by atoms with van der Waals surface area (Å²) in [5.74, 6) is 0.574. The maximum absolute atomic E-state index is 13.8. The number of aryl methyl sites for hydroxylation is 1. The first-order chi connectivity index (χ1) is 28.2. The predicted molar refractivity (Wildman–Crippen MR) is 233 cm³/mol. The number of aromatic hydroxyl groups is 1. The van der Waals surface area contributed by atoms with E-state index in [1.165, 1.54) is 39.9 Å². The van der Waals surface area contributed by atoms with E-state index >= 15 is 0 Å². The van der Waals surface area contributed by atoms with Gasteiger partial charge in [-0.25, -0.2) is 9.37 Å². The molecule has 2 aromatic heterocycles. The number of hydrogen-bond donors (Lipinski definition) is 1. The van der Waals surface area contributed by atoms with E-state index in [2.05, 4.69) is 122 Å². The van der Waals surface area contributed by atoms with Gasteiger partial charge in [0.1, 0.15) is 17.4 Å². The van der Waals surface area contributed by atoms with Crippen molar-refractivity contribution < 1.29 is 30.6 Å². The summed E-state index contributed by atoms with van der Waals surface area (Å²) < 4.78 is 15.9. The van der Waals surface area contributed by atoms with E-state index in [1.54, 1.807) is 24.4 Å². The first-order valence-corrected chi connectivity index (χ1v) is 19.6. The normalized spacial score (nSPS) is 11.9. The van der Waals surface area contributed by atoms with E-state index in [1.807, 2.05) is 37.4 Å². The SMILES string of the molecule is Cn1c(-c2cc(-c3cccc(C(C)(C)c4ccccc4)c3)ccc2O)nc2c(-c3[c-]c(-c4cc(-c5ccc(F)cc5)ccn4)cc4c3Cc3ccccc3-4)cccc21.[Pt]. The zero-order chi connectivity index (χ0) is 39.5. The van der Waals surface area contributed by atoms with Crippen molar-refractivity contribution in [3.05, 3.63) is 198 Å². The molecule has 6 heteroatoms. The molecular weight excluding hydrogens is 909 g/mol. The number of para-hydroxylation sites is 1. The van der Waals surface area contributed by atoms with E-state index in [4.69, 9.17) is 9.97 Å². The number of halogens is 1. The average Bonchev–Trinajstić information content (AvgIpc) is 3.81. The molecule has 9 aromatic rings. The molecule has 0 saturated carbocycles. The molecule has 0 spiro atoms. The Balaban J connectivity index is 0.00000449. The van der Waals surface area contributed by atoms with Crippen LogP contribution in [0, 0.1) is 11.9 Å². The Labute approximate surface area is 358 Å². The van der Waals surface area contributed by atoms with Gasteiger partial charge >= 0.3 is 0 Å². The molecule has 0 atom stereocenters. The van der Waals surface area contributed by atoms with Crippen molar-refractivity contribution in [2.75, 3.05) is 0 Å². The Bertz CT molecular complexity index is 3040. The smallest absolute Gasteiger partial charge is 0.143 e. The van der Waals surface area contributed by atoms with Gasteiger partial charge in [-0.05, 0) is 87.3 Å². The van der Waals surface area contributed by atoms with Crippen LogP contribution in [0.5, 0.6) is 5.75 Å². The summed E-state index contributed by atoms with van der Waals surface area (Å²) in [4.78, 5) is 10.1. The molecule has 0 unspecified atom stereocenters. The van der Waals surface area contributed by atoms with Gasteiger partial charge < -0.3 is 9.67 Å². The van der Waals surface area contributed by atoms with Gasteiger partial charge in [-0.15, -0.1) is 17.7 Å². The zero-order valence-corrected chi connectivity index (χ0v) is 35.1. The van der Waals surface area contributed by atoms with Gasteiger partial charge in [0.25, 0.3) is 0 Å². The summed E-state index contributed by atoms with van der Waals surface area (Å²) >= 11 is 0. The fraction of sp³-hybridized carbons (Fsp3) is 0.0943. The van der Waals surface area contributed by atoms with Crippen molar-refractivity contribution in [1.82, 2.24) is 14.5 Å². The molecule has 4 nitrogen and oxygen atoms in total. The number of benzene rings is 7. The van der Waals surface area contributed by atoms with Gasteiger partial charge in [0, 0.05) is 45.4 Å².